The van der Waals surface area contributed by atoms with Gasteiger partial charge in [-0.05, 0) is 30.0 Å². The average molecular weight is 277 g/mol. The molecule has 2 aromatic rings. The summed E-state index contributed by atoms with van der Waals surface area (Å²) in [7, 11) is 0. The molecule has 0 aliphatic heterocycles. The Balaban J connectivity index is 1.95. The first-order valence-corrected chi connectivity index (χ1v) is 6.70. The van der Waals surface area contributed by atoms with Crippen molar-refractivity contribution in [2.45, 2.75) is 26.9 Å². The van der Waals surface area contributed by atoms with Gasteiger partial charge in [0.25, 0.3) is 0 Å². The molecule has 1 aromatic heterocycles. The van der Waals surface area contributed by atoms with Gasteiger partial charge in [0, 0.05) is 12.4 Å². The molecule has 2 rings (SSSR count). The van der Waals surface area contributed by atoms with Gasteiger partial charge in [-0.25, -0.2) is 4.98 Å². The zero-order valence-electron chi connectivity index (χ0n) is 11.1. The number of rotatable bonds is 5. The summed E-state index contributed by atoms with van der Waals surface area (Å²) in [6, 6.07) is 8.13. The van der Waals surface area contributed by atoms with Gasteiger partial charge in [-0.15, -0.1) is 0 Å². The van der Waals surface area contributed by atoms with Crippen LogP contribution in [0.15, 0.2) is 36.7 Å². The molecule has 0 N–H and O–H groups in total. The molecule has 0 saturated carbocycles. The quantitative estimate of drug-likeness (QED) is 0.830. The maximum absolute atomic E-state index is 5.92. The van der Waals surface area contributed by atoms with Crippen LogP contribution in [0.4, 0.5) is 0 Å². The molecule has 100 valence electrons. The van der Waals surface area contributed by atoms with Crippen molar-refractivity contribution in [1.82, 2.24) is 9.97 Å². The van der Waals surface area contributed by atoms with Crippen molar-refractivity contribution >= 4 is 11.6 Å². The third kappa shape index (κ3) is 4.21. The molecule has 0 radical (unpaired) electrons. The Bertz CT molecular complexity index is 526. The lowest BCUT2D eigenvalue weighted by molar-refractivity contribution is 0.301. The van der Waals surface area contributed by atoms with Gasteiger partial charge in [-0.2, -0.15) is 0 Å². The van der Waals surface area contributed by atoms with Crippen LogP contribution in [0.2, 0.25) is 5.15 Å². The fraction of sp³-hybridized carbons (Fsp3) is 0.333. The lowest BCUT2D eigenvalue weighted by Crippen LogP contribution is -2.00. The Kier molecular flexibility index (Phi) is 4.74. The standard InChI is InChI=1S/C15H17ClN2O/c1-11(2)9-12-3-5-13(6-4-12)19-10-14-15(16)18-8-7-17-14/h3-8,11H,9-10H2,1-2H3. The van der Waals surface area contributed by atoms with Crippen molar-refractivity contribution in [1.29, 1.82) is 0 Å². The molecule has 1 aromatic carbocycles. The zero-order chi connectivity index (χ0) is 13.7. The Morgan fingerprint density at radius 3 is 2.42 bits per heavy atom. The van der Waals surface area contributed by atoms with Crippen LogP contribution < -0.4 is 4.74 Å². The van der Waals surface area contributed by atoms with Crippen LogP contribution in [-0.2, 0) is 13.0 Å². The molecule has 19 heavy (non-hydrogen) atoms. The van der Waals surface area contributed by atoms with Crippen LogP contribution >= 0.6 is 11.6 Å². The smallest absolute Gasteiger partial charge is 0.154 e. The topological polar surface area (TPSA) is 35.0 Å². The van der Waals surface area contributed by atoms with Gasteiger partial charge in [0.1, 0.15) is 18.1 Å². The third-order valence-corrected chi connectivity index (χ3v) is 2.98. The van der Waals surface area contributed by atoms with Crippen LogP contribution in [0, 0.1) is 5.92 Å². The summed E-state index contributed by atoms with van der Waals surface area (Å²) < 4.78 is 5.65. The molecule has 4 heteroatoms. The minimum absolute atomic E-state index is 0.330. The van der Waals surface area contributed by atoms with Gasteiger partial charge in [-0.1, -0.05) is 37.6 Å². The van der Waals surface area contributed by atoms with E-state index in [2.05, 4.69) is 35.9 Å². The Morgan fingerprint density at radius 2 is 1.79 bits per heavy atom. The minimum atomic E-state index is 0.330. The molecule has 0 fully saturated rings. The average Bonchev–Trinajstić information content (AvgIpc) is 2.39. The van der Waals surface area contributed by atoms with E-state index in [0.717, 1.165) is 12.2 Å². The van der Waals surface area contributed by atoms with Gasteiger partial charge in [0.2, 0.25) is 0 Å². The number of hydrogen-bond acceptors (Lipinski definition) is 3. The van der Waals surface area contributed by atoms with Crippen molar-refractivity contribution in [2.24, 2.45) is 5.92 Å². The van der Waals surface area contributed by atoms with E-state index in [1.807, 2.05) is 12.1 Å². The fourth-order valence-corrected chi connectivity index (χ4v) is 1.95. The minimum Gasteiger partial charge on any atom is -0.487 e. The predicted molar refractivity (Wildman–Crippen MR) is 76.4 cm³/mol. The van der Waals surface area contributed by atoms with Crippen LogP contribution in [0.1, 0.15) is 25.1 Å². The first-order chi connectivity index (χ1) is 9.15. The second-order valence-corrected chi connectivity index (χ2v) is 5.18. The number of hydrogen-bond donors (Lipinski definition) is 0. The molecule has 0 saturated heterocycles. The van der Waals surface area contributed by atoms with E-state index < -0.39 is 0 Å². The normalized spacial score (nSPS) is 10.7. The molecule has 3 nitrogen and oxygen atoms in total. The fourth-order valence-electron chi connectivity index (χ4n) is 1.79. The number of aromatic nitrogens is 2. The summed E-state index contributed by atoms with van der Waals surface area (Å²) in [6.07, 6.45) is 4.25. The molecule has 0 atom stereocenters. The van der Waals surface area contributed by atoms with E-state index in [-0.39, 0.29) is 0 Å². The molecule has 0 aliphatic carbocycles. The van der Waals surface area contributed by atoms with Crippen LogP contribution in [0.3, 0.4) is 0 Å². The van der Waals surface area contributed by atoms with Gasteiger partial charge in [0.15, 0.2) is 5.15 Å². The molecule has 0 aliphatic rings. The zero-order valence-corrected chi connectivity index (χ0v) is 11.9. The van der Waals surface area contributed by atoms with Crippen molar-refractivity contribution in [3.8, 4) is 5.75 Å². The van der Waals surface area contributed by atoms with Gasteiger partial charge < -0.3 is 4.74 Å². The molecular weight excluding hydrogens is 260 g/mol. The highest BCUT2D eigenvalue weighted by Gasteiger charge is 2.03. The van der Waals surface area contributed by atoms with E-state index in [4.69, 9.17) is 16.3 Å². The number of halogens is 1. The van der Waals surface area contributed by atoms with Crippen molar-refractivity contribution in [3.63, 3.8) is 0 Å². The van der Waals surface area contributed by atoms with Crippen molar-refractivity contribution in [2.75, 3.05) is 0 Å². The van der Waals surface area contributed by atoms with Crippen molar-refractivity contribution in [3.05, 3.63) is 53.1 Å². The van der Waals surface area contributed by atoms with E-state index in [1.54, 1.807) is 12.4 Å². The third-order valence-electron chi connectivity index (χ3n) is 2.67. The Morgan fingerprint density at radius 1 is 1.11 bits per heavy atom. The van der Waals surface area contributed by atoms with Gasteiger partial charge >= 0.3 is 0 Å². The molecule has 0 amide bonds. The lowest BCUT2D eigenvalue weighted by atomic mass is 10.0. The molecule has 0 bridgehead atoms. The first-order valence-electron chi connectivity index (χ1n) is 6.32. The number of nitrogens with zero attached hydrogens (tertiary/aromatic N) is 2. The maximum Gasteiger partial charge on any atom is 0.154 e. The Hall–Kier alpha value is -1.61. The van der Waals surface area contributed by atoms with E-state index in [1.165, 1.54) is 5.56 Å². The molecule has 1 heterocycles. The molecule has 0 unspecified atom stereocenters. The SMILES string of the molecule is CC(C)Cc1ccc(OCc2nccnc2Cl)cc1. The number of benzene rings is 1. The highest BCUT2D eigenvalue weighted by molar-refractivity contribution is 6.29. The second kappa shape index (κ2) is 6.53. The van der Waals surface area contributed by atoms with E-state index >= 15 is 0 Å². The van der Waals surface area contributed by atoms with Crippen LogP contribution in [-0.4, -0.2) is 9.97 Å². The van der Waals surface area contributed by atoms with Gasteiger partial charge in [-0.3, -0.25) is 4.98 Å². The van der Waals surface area contributed by atoms with E-state index in [9.17, 15) is 0 Å². The highest BCUT2D eigenvalue weighted by atomic mass is 35.5. The molecular formula is C15H17ClN2O. The highest BCUT2D eigenvalue weighted by Crippen LogP contribution is 2.17. The first kappa shape index (κ1) is 13.8. The van der Waals surface area contributed by atoms with E-state index in [0.29, 0.717) is 23.4 Å². The largest absolute Gasteiger partial charge is 0.487 e. The summed E-state index contributed by atoms with van der Waals surface area (Å²) in [5.41, 5.74) is 1.97. The summed E-state index contributed by atoms with van der Waals surface area (Å²) in [5, 5.41) is 0.388. The summed E-state index contributed by atoms with van der Waals surface area (Å²) in [4.78, 5) is 8.09. The monoisotopic (exact) mass is 276 g/mol. The van der Waals surface area contributed by atoms with Crippen LogP contribution in [0.25, 0.3) is 0 Å². The Labute approximate surface area is 118 Å². The summed E-state index contributed by atoms with van der Waals surface area (Å²) in [5.74, 6) is 1.47. The summed E-state index contributed by atoms with van der Waals surface area (Å²) >= 11 is 5.92. The van der Waals surface area contributed by atoms with Gasteiger partial charge in [0.05, 0.1) is 0 Å². The van der Waals surface area contributed by atoms with Crippen molar-refractivity contribution < 1.29 is 4.74 Å². The second-order valence-electron chi connectivity index (χ2n) is 4.82. The number of ether oxygens (including phenoxy) is 1. The maximum atomic E-state index is 5.92. The van der Waals surface area contributed by atoms with Crippen LogP contribution in [0.5, 0.6) is 5.75 Å². The lowest BCUT2D eigenvalue weighted by Gasteiger charge is -2.08. The predicted octanol–water partition coefficient (Wildman–Crippen LogP) is 3.91. The molecule has 0 spiro atoms. The summed E-state index contributed by atoms with van der Waals surface area (Å²) in [6.45, 7) is 4.75.